The van der Waals surface area contributed by atoms with Crippen LogP contribution < -0.4 is 11.1 Å². The molecule has 1 aliphatic heterocycles. The molecule has 0 atom stereocenters. The van der Waals surface area contributed by atoms with Gasteiger partial charge < -0.3 is 26.1 Å². The van der Waals surface area contributed by atoms with Gasteiger partial charge in [-0.25, -0.2) is 0 Å². The molecule has 0 spiro atoms. The van der Waals surface area contributed by atoms with Gasteiger partial charge in [0.2, 0.25) is 0 Å². The van der Waals surface area contributed by atoms with Gasteiger partial charge in [-0.15, -0.1) is 0 Å². The normalized spacial score (nSPS) is 17.5. The summed E-state index contributed by atoms with van der Waals surface area (Å²) in [5, 5.41) is 24.8. The van der Waals surface area contributed by atoms with E-state index in [1.54, 1.807) is 0 Å². The SMILES string of the molecule is NCCN1CCNCC1.OB(O)O. The van der Waals surface area contributed by atoms with E-state index in [0.29, 0.717) is 0 Å². The first-order valence-electron chi connectivity index (χ1n) is 4.34. The third-order valence-corrected chi connectivity index (χ3v) is 1.65. The molecule has 0 radical (unpaired) electrons. The third kappa shape index (κ3) is 9.74. The van der Waals surface area contributed by atoms with Crippen LogP contribution in [0.15, 0.2) is 0 Å². The first-order chi connectivity index (χ1) is 6.16. The monoisotopic (exact) mass is 191 g/mol. The zero-order valence-corrected chi connectivity index (χ0v) is 7.69. The smallest absolute Gasteiger partial charge is 0.402 e. The highest BCUT2D eigenvalue weighted by molar-refractivity contribution is 6.30. The van der Waals surface area contributed by atoms with Crippen LogP contribution in [0.2, 0.25) is 0 Å². The van der Waals surface area contributed by atoms with Gasteiger partial charge in [0, 0.05) is 39.3 Å². The van der Waals surface area contributed by atoms with E-state index in [-0.39, 0.29) is 0 Å². The zero-order valence-electron chi connectivity index (χ0n) is 7.69. The molecular weight excluding hydrogens is 173 g/mol. The van der Waals surface area contributed by atoms with Crippen LogP contribution in [0.5, 0.6) is 0 Å². The van der Waals surface area contributed by atoms with Gasteiger partial charge in [0.1, 0.15) is 0 Å². The molecule has 0 aromatic rings. The van der Waals surface area contributed by atoms with Crippen LogP contribution in [0, 0.1) is 0 Å². The number of rotatable bonds is 2. The van der Waals surface area contributed by atoms with Gasteiger partial charge >= 0.3 is 7.32 Å². The van der Waals surface area contributed by atoms with Crippen LogP contribution in [0.3, 0.4) is 0 Å². The molecular formula is C6H18BN3O3. The molecule has 1 rings (SSSR count). The zero-order chi connectivity index (χ0) is 10.1. The van der Waals surface area contributed by atoms with Crippen LogP contribution >= 0.6 is 0 Å². The Balaban J connectivity index is 0.000000310. The number of piperazine rings is 1. The Morgan fingerprint density at radius 3 is 2.08 bits per heavy atom. The second kappa shape index (κ2) is 8.42. The molecule has 1 fully saturated rings. The first-order valence-corrected chi connectivity index (χ1v) is 4.34. The summed E-state index contributed by atoms with van der Waals surface area (Å²) in [7, 11) is -2.17. The number of hydrogen-bond donors (Lipinski definition) is 5. The van der Waals surface area contributed by atoms with Crippen molar-refractivity contribution in [1.82, 2.24) is 10.2 Å². The minimum absolute atomic E-state index is 0.792. The van der Waals surface area contributed by atoms with E-state index < -0.39 is 7.32 Å². The second-order valence-electron chi connectivity index (χ2n) is 2.73. The van der Waals surface area contributed by atoms with Gasteiger partial charge in [-0.3, -0.25) is 4.90 Å². The van der Waals surface area contributed by atoms with E-state index in [0.717, 1.165) is 39.3 Å². The van der Waals surface area contributed by atoms with Gasteiger partial charge in [-0.05, 0) is 0 Å². The highest BCUT2D eigenvalue weighted by atomic mass is 16.5. The van der Waals surface area contributed by atoms with Crippen LogP contribution in [0.1, 0.15) is 0 Å². The van der Waals surface area contributed by atoms with E-state index in [9.17, 15) is 0 Å². The van der Waals surface area contributed by atoms with Crippen LogP contribution in [0.4, 0.5) is 0 Å². The summed E-state index contributed by atoms with van der Waals surface area (Å²) < 4.78 is 0. The summed E-state index contributed by atoms with van der Waals surface area (Å²) >= 11 is 0. The number of hydrogen-bond acceptors (Lipinski definition) is 6. The predicted molar refractivity (Wildman–Crippen MR) is 50.8 cm³/mol. The minimum atomic E-state index is -2.17. The van der Waals surface area contributed by atoms with Crippen molar-refractivity contribution in [3.63, 3.8) is 0 Å². The lowest BCUT2D eigenvalue weighted by molar-refractivity contribution is 0.247. The van der Waals surface area contributed by atoms with Gasteiger partial charge in [-0.2, -0.15) is 0 Å². The molecule has 1 aliphatic rings. The highest BCUT2D eigenvalue weighted by Crippen LogP contribution is 1.88. The van der Waals surface area contributed by atoms with Crippen molar-refractivity contribution in [3.8, 4) is 0 Å². The fourth-order valence-electron chi connectivity index (χ4n) is 1.12. The van der Waals surface area contributed by atoms with Gasteiger partial charge in [0.05, 0.1) is 0 Å². The Kier molecular flexibility index (Phi) is 8.31. The highest BCUT2D eigenvalue weighted by Gasteiger charge is 2.06. The number of nitrogens with two attached hydrogens (primary N) is 1. The van der Waals surface area contributed by atoms with Crippen molar-refractivity contribution >= 4 is 7.32 Å². The summed E-state index contributed by atoms with van der Waals surface area (Å²) in [6.07, 6.45) is 0. The van der Waals surface area contributed by atoms with Gasteiger partial charge in [0.15, 0.2) is 0 Å². The lowest BCUT2D eigenvalue weighted by atomic mass is 10.3. The van der Waals surface area contributed by atoms with E-state index in [1.807, 2.05) is 0 Å². The fraction of sp³-hybridized carbons (Fsp3) is 1.00. The Hall–Kier alpha value is -0.175. The van der Waals surface area contributed by atoms with Gasteiger partial charge in [-0.1, -0.05) is 0 Å². The Labute approximate surface area is 78.5 Å². The number of nitrogens with zero attached hydrogens (tertiary/aromatic N) is 1. The van der Waals surface area contributed by atoms with E-state index in [2.05, 4.69) is 10.2 Å². The van der Waals surface area contributed by atoms with Crippen molar-refractivity contribution in [3.05, 3.63) is 0 Å². The van der Waals surface area contributed by atoms with Crippen LogP contribution in [-0.2, 0) is 0 Å². The minimum Gasteiger partial charge on any atom is -0.402 e. The molecule has 1 heterocycles. The lowest BCUT2D eigenvalue weighted by Crippen LogP contribution is -2.45. The molecule has 0 bridgehead atoms. The predicted octanol–water partition coefficient (Wildman–Crippen LogP) is -3.20. The molecule has 78 valence electrons. The van der Waals surface area contributed by atoms with E-state index in [4.69, 9.17) is 20.8 Å². The standard InChI is InChI=1S/C6H15N3.BH3O3/c7-1-4-9-5-2-8-3-6-9;2-1(3)4/h8H,1-7H2;2-4H. The molecule has 6 nitrogen and oxygen atoms in total. The molecule has 1 saturated heterocycles. The molecule has 0 saturated carbocycles. The maximum atomic E-state index is 7.17. The Morgan fingerprint density at radius 1 is 1.23 bits per heavy atom. The Bertz CT molecular complexity index is 106. The average Bonchev–Trinajstić information content (AvgIpc) is 2.06. The summed E-state index contributed by atoms with van der Waals surface area (Å²) in [4.78, 5) is 2.39. The molecule has 13 heavy (non-hydrogen) atoms. The maximum Gasteiger partial charge on any atom is 0.631 e. The van der Waals surface area contributed by atoms with Crippen LogP contribution in [0.25, 0.3) is 0 Å². The van der Waals surface area contributed by atoms with Crippen molar-refractivity contribution in [2.45, 2.75) is 0 Å². The molecule has 6 N–H and O–H groups in total. The Morgan fingerprint density at radius 2 is 1.69 bits per heavy atom. The lowest BCUT2D eigenvalue weighted by Gasteiger charge is -2.26. The van der Waals surface area contributed by atoms with Crippen molar-refractivity contribution in [1.29, 1.82) is 0 Å². The summed E-state index contributed by atoms with van der Waals surface area (Å²) in [6.45, 7) is 6.43. The molecule has 0 aliphatic carbocycles. The topological polar surface area (TPSA) is 102 Å². The first kappa shape index (κ1) is 12.8. The third-order valence-electron chi connectivity index (χ3n) is 1.65. The molecule has 0 unspecified atom stereocenters. The van der Waals surface area contributed by atoms with E-state index in [1.165, 1.54) is 0 Å². The van der Waals surface area contributed by atoms with Gasteiger partial charge in [0.25, 0.3) is 0 Å². The van der Waals surface area contributed by atoms with Crippen molar-refractivity contribution in [2.75, 3.05) is 39.3 Å². The van der Waals surface area contributed by atoms with Crippen LogP contribution in [-0.4, -0.2) is 66.6 Å². The summed E-state index contributed by atoms with van der Waals surface area (Å²) in [6, 6.07) is 0. The quantitative estimate of drug-likeness (QED) is 0.294. The largest absolute Gasteiger partial charge is 0.631 e. The molecule has 0 amide bonds. The summed E-state index contributed by atoms with van der Waals surface area (Å²) in [5.74, 6) is 0. The van der Waals surface area contributed by atoms with Crippen molar-refractivity contribution < 1.29 is 15.1 Å². The number of nitrogens with one attached hydrogen (secondary N) is 1. The molecule has 7 heteroatoms. The molecule has 0 aromatic carbocycles. The fourth-order valence-corrected chi connectivity index (χ4v) is 1.12. The maximum absolute atomic E-state index is 7.17. The second-order valence-corrected chi connectivity index (χ2v) is 2.73. The van der Waals surface area contributed by atoms with Crippen molar-refractivity contribution in [2.24, 2.45) is 5.73 Å². The average molecular weight is 191 g/mol. The molecule has 0 aromatic heterocycles. The van der Waals surface area contributed by atoms with E-state index >= 15 is 0 Å². The summed E-state index contributed by atoms with van der Waals surface area (Å²) in [5.41, 5.74) is 5.40.